The minimum atomic E-state index is -0.860. The molecule has 0 fully saturated rings. The number of hydrazone groups is 1. The van der Waals surface area contributed by atoms with Crippen molar-refractivity contribution >= 4 is 17.9 Å². The van der Waals surface area contributed by atoms with E-state index >= 15 is 0 Å². The Hall–Kier alpha value is -4.34. The maximum atomic E-state index is 12.2. The van der Waals surface area contributed by atoms with Crippen molar-refractivity contribution in [2.75, 3.05) is 12.4 Å². The van der Waals surface area contributed by atoms with Crippen molar-refractivity contribution < 1.29 is 14.6 Å². The van der Waals surface area contributed by atoms with Crippen LogP contribution in [0.3, 0.4) is 0 Å². The SMILES string of the molecule is COc1cccc(-n2c(O)c(C=NNC(=O)Nc3ccccc3)c(=O)[nH]c2=O)c1. The van der Waals surface area contributed by atoms with Crippen LogP contribution in [0, 0.1) is 0 Å². The Morgan fingerprint density at radius 3 is 2.66 bits per heavy atom. The first kappa shape index (κ1) is 19.4. The quantitative estimate of drug-likeness (QED) is 0.382. The van der Waals surface area contributed by atoms with Crippen LogP contribution in [0.25, 0.3) is 5.69 Å². The summed E-state index contributed by atoms with van der Waals surface area (Å²) in [6.45, 7) is 0. The van der Waals surface area contributed by atoms with E-state index in [1.165, 1.54) is 13.2 Å². The molecule has 1 aromatic heterocycles. The second-order valence-electron chi connectivity index (χ2n) is 5.72. The van der Waals surface area contributed by atoms with E-state index in [0.29, 0.717) is 11.4 Å². The molecule has 0 atom stereocenters. The van der Waals surface area contributed by atoms with Gasteiger partial charge in [-0.15, -0.1) is 0 Å². The van der Waals surface area contributed by atoms with E-state index in [1.807, 2.05) is 0 Å². The van der Waals surface area contributed by atoms with Crippen LogP contribution in [-0.2, 0) is 0 Å². The summed E-state index contributed by atoms with van der Waals surface area (Å²) in [5.41, 5.74) is 0.981. The number of carbonyl (C=O) groups excluding carboxylic acids is 1. The van der Waals surface area contributed by atoms with Gasteiger partial charge in [-0.25, -0.2) is 19.6 Å². The summed E-state index contributed by atoms with van der Waals surface area (Å²) >= 11 is 0. The summed E-state index contributed by atoms with van der Waals surface area (Å²) in [4.78, 5) is 38.2. The number of benzene rings is 2. The molecule has 0 radical (unpaired) electrons. The third-order valence-electron chi connectivity index (χ3n) is 3.82. The number of ether oxygens (including phenoxy) is 1. The van der Waals surface area contributed by atoms with Gasteiger partial charge in [0.1, 0.15) is 11.3 Å². The number of nitrogens with zero attached hydrogens (tertiary/aromatic N) is 2. The number of hydrogen-bond acceptors (Lipinski definition) is 6. The van der Waals surface area contributed by atoms with Gasteiger partial charge in [-0.1, -0.05) is 24.3 Å². The lowest BCUT2D eigenvalue weighted by Gasteiger charge is -2.10. The van der Waals surface area contributed by atoms with Crippen LogP contribution in [0.1, 0.15) is 5.56 Å². The zero-order valence-electron chi connectivity index (χ0n) is 15.2. The summed E-state index contributed by atoms with van der Waals surface area (Å²) in [5, 5.41) is 16.6. The second-order valence-corrected chi connectivity index (χ2v) is 5.72. The zero-order chi connectivity index (χ0) is 20.8. The van der Waals surface area contributed by atoms with Crippen LogP contribution in [0.15, 0.2) is 69.3 Å². The molecule has 0 saturated heterocycles. The molecule has 0 saturated carbocycles. The molecule has 2 amide bonds. The Labute approximate surface area is 164 Å². The normalized spacial score (nSPS) is 10.7. The standard InChI is InChI=1S/C19H17N5O5/c1-29-14-9-5-8-13(10-14)24-17(26)15(16(25)22-19(24)28)11-20-23-18(27)21-12-6-3-2-4-7-12/h2-11,26H,1H3,(H2,21,23,27)(H,22,25,28). The number of para-hydroxylation sites is 1. The highest BCUT2D eigenvalue weighted by molar-refractivity contribution is 5.90. The van der Waals surface area contributed by atoms with Crippen LogP contribution >= 0.6 is 0 Å². The first-order chi connectivity index (χ1) is 14.0. The molecular weight excluding hydrogens is 378 g/mol. The molecule has 0 aliphatic rings. The van der Waals surface area contributed by atoms with Crippen molar-refractivity contribution in [1.29, 1.82) is 0 Å². The molecule has 10 nitrogen and oxygen atoms in total. The number of rotatable bonds is 5. The van der Waals surface area contributed by atoms with E-state index < -0.39 is 23.2 Å². The van der Waals surface area contributed by atoms with Crippen molar-refractivity contribution in [2.24, 2.45) is 5.10 Å². The van der Waals surface area contributed by atoms with Gasteiger partial charge in [0.15, 0.2) is 0 Å². The van der Waals surface area contributed by atoms with Crippen molar-refractivity contribution in [3.05, 3.63) is 81.0 Å². The number of aromatic nitrogens is 2. The van der Waals surface area contributed by atoms with Crippen molar-refractivity contribution in [3.8, 4) is 17.3 Å². The molecule has 2 aromatic carbocycles. The molecule has 148 valence electrons. The molecule has 0 unspecified atom stereocenters. The van der Waals surface area contributed by atoms with Crippen LogP contribution < -0.4 is 26.7 Å². The van der Waals surface area contributed by atoms with Gasteiger partial charge in [0.2, 0.25) is 5.88 Å². The van der Waals surface area contributed by atoms with Gasteiger partial charge in [-0.05, 0) is 24.3 Å². The van der Waals surface area contributed by atoms with Gasteiger partial charge in [0, 0.05) is 11.8 Å². The van der Waals surface area contributed by atoms with E-state index in [1.54, 1.807) is 48.5 Å². The predicted molar refractivity (Wildman–Crippen MR) is 107 cm³/mol. The highest BCUT2D eigenvalue weighted by Crippen LogP contribution is 2.19. The summed E-state index contributed by atoms with van der Waals surface area (Å²) in [6, 6.07) is 14.4. The number of hydrogen-bond donors (Lipinski definition) is 4. The summed E-state index contributed by atoms with van der Waals surface area (Å²) in [5.74, 6) is -0.185. The summed E-state index contributed by atoms with van der Waals surface area (Å²) in [7, 11) is 1.46. The maximum Gasteiger partial charge on any atom is 0.339 e. The number of H-pyrrole nitrogens is 1. The zero-order valence-corrected chi connectivity index (χ0v) is 15.2. The monoisotopic (exact) mass is 395 g/mol. The third-order valence-corrected chi connectivity index (χ3v) is 3.82. The third kappa shape index (κ3) is 4.50. The molecular formula is C19H17N5O5. The number of urea groups is 1. The van der Waals surface area contributed by atoms with E-state index in [2.05, 4.69) is 20.8 Å². The topological polar surface area (TPSA) is 138 Å². The van der Waals surface area contributed by atoms with Crippen molar-refractivity contribution in [3.63, 3.8) is 0 Å². The average molecular weight is 395 g/mol. The van der Waals surface area contributed by atoms with Gasteiger partial charge in [0.05, 0.1) is 19.0 Å². The fourth-order valence-electron chi connectivity index (χ4n) is 2.48. The first-order valence-electron chi connectivity index (χ1n) is 8.37. The Bertz CT molecular complexity index is 1170. The highest BCUT2D eigenvalue weighted by atomic mass is 16.5. The number of amides is 2. The van der Waals surface area contributed by atoms with E-state index in [-0.39, 0.29) is 11.3 Å². The van der Waals surface area contributed by atoms with E-state index in [4.69, 9.17) is 4.74 Å². The van der Waals surface area contributed by atoms with Gasteiger partial charge < -0.3 is 15.2 Å². The molecule has 0 bridgehead atoms. The molecule has 3 aromatic rings. The van der Waals surface area contributed by atoms with Crippen LogP contribution in [0.4, 0.5) is 10.5 Å². The number of methoxy groups -OCH3 is 1. The van der Waals surface area contributed by atoms with Crippen molar-refractivity contribution in [1.82, 2.24) is 15.0 Å². The minimum absolute atomic E-state index is 0.271. The van der Waals surface area contributed by atoms with Crippen LogP contribution in [0.2, 0.25) is 0 Å². The first-order valence-corrected chi connectivity index (χ1v) is 8.37. The summed E-state index contributed by atoms with van der Waals surface area (Å²) < 4.78 is 5.98. The average Bonchev–Trinajstić information content (AvgIpc) is 2.71. The molecule has 4 N–H and O–H groups in total. The smallest absolute Gasteiger partial charge is 0.339 e. The maximum absolute atomic E-state index is 12.2. The fraction of sp³-hybridized carbons (Fsp3) is 0.0526. The molecule has 29 heavy (non-hydrogen) atoms. The van der Waals surface area contributed by atoms with Gasteiger partial charge >= 0.3 is 11.7 Å². The Balaban J connectivity index is 1.86. The number of anilines is 1. The van der Waals surface area contributed by atoms with Crippen LogP contribution in [0.5, 0.6) is 11.6 Å². The fourth-order valence-corrected chi connectivity index (χ4v) is 2.48. The lowest BCUT2D eigenvalue weighted by molar-refractivity contribution is 0.252. The molecule has 0 spiro atoms. The molecule has 0 aliphatic heterocycles. The summed E-state index contributed by atoms with van der Waals surface area (Å²) in [6.07, 6.45) is 0.939. The van der Waals surface area contributed by atoms with Gasteiger partial charge in [0.25, 0.3) is 5.56 Å². The second kappa shape index (κ2) is 8.57. The van der Waals surface area contributed by atoms with E-state index in [0.717, 1.165) is 10.8 Å². The highest BCUT2D eigenvalue weighted by Gasteiger charge is 2.14. The number of nitrogens with one attached hydrogen (secondary N) is 3. The van der Waals surface area contributed by atoms with Crippen LogP contribution in [-0.4, -0.2) is 34.0 Å². The Morgan fingerprint density at radius 2 is 1.93 bits per heavy atom. The molecule has 1 heterocycles. The number of aromatic hydroxyl groups is 1. The molecule has 3 rings (SSSR count). The van der Waals surface area contributed by atoms with Crippen molar-refractivity contribution in [2.45, 2.75) is 0 Å². The Kier molecular flexibility index (Phi) is 5.74. The van der Waals surface area contributed by atoms with E-state index in [9.17, 15) is 19.5 Å². The number of carbonyl (C=O) groups is 1. The molecule has 10 heteroatoms. The Morgan fingerprint density at radius 1 is 1.17 bits per heavy atom. The van der Waals surface area contributed by atoms with Gasteiger partial charge in [-0.2, -0.15) is 5.10 Å². The largest absolute Gasteiger partial charge is 0.497 e. The predicted octanol–water partition coefficient (Wildman–Crippen LogP) is 1.40. The molecule has 0 aliphatic carbocycles. The van der Waals surface area contributed by atoms with Gasteiger partial charge in [-0.3, -0.25) is 9.78 Å². The lowest BCUT2D eigenvalue weighted by Crippen LogP contribution is -2.32. The number of aromatic amines is 1. The minimum Gasteiger partial charge on any atom is -0.497 e. The lowest BCUT2D eigenvalue weighted by atomic mass is 10.2.